The molecule has 0 saturated heterocycles. The number of benzene rings is 1. The molecule has 0 aliphatic carbocycles. The van der Waals surface area contributed by atoms with Crippen LogP contribution in [0, 0.1) is 0 Å². The molecule has 16 heavy (non-hydrogen) atoms. The normalized spacial score (nSPS) is 11.9. The third-order valence-electron chi connectivity index (χ3n) is 1.90. The zero-order chi connectivity index (χ0) is 12.1. The van der Waals surface area contributed by atoms with E-state index in [4.69, 9.17) is 9.39 Å². The molecule has 2 N–H and O–H groups in total. The van der Waals surface area contributed by atoms with E-state index in [1.807, 2.05) is 0 Å². The lowest BCUT2D eigenvalue weighted by Crippen LogP contribution is -2.25. The Labute approximate surface area is 95.6 Å². The van der Waals surface area contributed by atoms with Crippen LogP contribution in [0.2, 0.25) is 0 Å². The number of nitrogens with one attached hydrogen (secondary N) is 1. The van der Waals surface area contributed by atoms with E-state index in [0.29, 0.717) is 11.3 Å². The highest BCUT2D eigenvalue weighted by molar-refractivity contribution is 7.80. The first-order valence-corrected chi connectivity index (χ1v) is 5.45. The van der Waals surface area contributed by atoms with Gasteiger partial charge in [-0.05, 0) is 24.3 Å². The summed E-state index contributed by atoms with van der Waals surface area (Å²) in [5.41, 5.74) is 0.885. The van der Waals surface area contributed by atoms with Crippen LogP contribution in [0.5, 0.6) is 0 Å². The van der Waals surface area contributed by atoms with Gasteiger partial charge in [0.1, 0.15) is 0 Å². The van der Waals surface area contributed by atoms with Crippen molar-refractivity contribution in [1.82, 2.24) is 5.06 Å². The summed E-state index contributed by atoms with van der Waals surface area (Å²) in [6.45, 7) is 0. The molecule has 1 rings (SSSR count). The standard InChI is InChI=1S/C9H12N2O4S/c1-11(15-2)9(12)7-3-5-8(6-4-7)10-16(13)14/h3-6,10H,1-2H3,(H,13,14). The predicted octanol–water partition coefficient (Wildman–Crippen LogP) is 0.869. The highest BCUT2D eigenvalue weighted by Crippen LogP contribution is 2.11. The summed E-state index contributed by atoms with van der Waals surface area (Å²) in [4.78, 5) is 16.3. The van der Waals surface area contributed by atoms with Crippen molar-refractivity contribution in [2.24, 2.45) is 0 Å². The number of hydrogen-bond acceptors (Lipinski definition) is 3. The van der Waals surface area contributed by atoms with E-state index >= 15 is 0 Å². The van der Waals surface area contributed by atoms with Crippen LogP contribution >= 0.6 is 0 Å². The molecule has 1 aromatic carbocycles. The maximum Gasteiger partial charge on any atom is 0.277 e. The van der Waals surface area contributed by atoms with Crippen molar-refractivity contribution in [3.63, 3.8) is 0 Å². The van der Waals surface area contributed by atoms with E-state index in [0.717, 1.165) is 5.06 Å². The van der Waals surface area contributed by atoms with Crippen molar-refractivity contribution < 1.29 is 18.4 Å². The first kappa shape index (κ1) is 12.6. The number of carbonyl (C=O) groups excluding carboxylic acids is 1. The molecule has 0 aromatic heterocycles. The Balaban J connectivity index is 2.78. The molecule has 1 amide bonds. The average molecular weight is 244 g/mol. The molecule has 0 heterocycles. The molecule has 0 aliphatic heterocycles. The van der Waals surface area contributed by atoms with Crippen molar-refractivity contribution in [1.29, 1.82) is 0 Å². The second-order valence-electron chi connectivity index (χ2n) is 2.91. The highest BCUT2D eigenvalue weighted by Gasteiger charge is 2.10. The quantitative estimate of drug-likeness (QED) is 0.608. The lowest BCUT2D eigenvalue weighted by atomic mass is 10.2. The number of anilines is 1. The van der Waals surface area contributed by atoms with Gasteiger partial charge in [0.2, 0.25) is 0 Å². The van der Waals surface area contributed by atoms with Gasteiger partial charge in [0.15, 0.2) is 0 Å². The molecule has 0 bridgehead atoms. The lowest BCUT2D eigenvalue weighted by molar-refractivity contribution is -0.0756. The summed E-state index contributed by atoms with van der Waals surface area (Å²) in [5, 5.41) is 1.09. The van der Waals surface area contributed by atoms with E-state index < -0.39 is 11.3 Å². The van der Waals surface area contributed by atoms with E-state index in [9.17, 15) is 9.00 Å². The molecule has 0 fully saturated rings. The van der Waals surface area contributed by atoms with Crippen LogP contribution in [-0.2, 0) is 16.1 Å². The van der Waals surface area contributed by atoms with Gasteiger partial charge in [-0.15, -0.1) is 0 Å². The Morgan fingerprint density at radius 2 is 2.00 bits per heavy atom. The number of hydrogen-bond donors (Lipinski definition) is 2. The SMILES string of the molecule is CON(C)C(=O)c1ccc(NS(=O)O)cc1. The maximum absolute atomic E-state index is 11.6. The van der Waals surface area contributed by atoms with Crippen LogP contribution in [0.3, 0.4) is 0 Å². The summed E-state index contributed by atoms with van der Waals surface area (Å²) >= 11 is -2.11. The van der Waals surface area contributed by atoms with Crippen molar-refractivity contribution in [2.75, 3.05) is 18.9 Å². The van der Waals surface area contributed by atoms with E-state index in [-0.39, 0.29) is 5.91 Å². The zero-order valence-corrected chi connectivity index (χ0v) is 9.65. The Morgan fingerprint density at radius 1 is 1.44 bits per heavy atom. The first-order chi connectivity index (χ1) is 7.54. The van der Waals surface area contributed by atoms with Gasteiger partial charge >= 0.3 is 0 Å². The molecule has 1 aromatic rings. The molecule has 7 heteroatoms. The Morgan fingerprint density at radius 3 is 2.44 bits per heavy atom. The second kappa shape index (κ2) is 5.59. The second-order valence-corrected chi connectivity index (χ2v) is 3.62. The third kappa shape index (κ3) is 3.30. The highest BCUT2D eigenvalue weighted by atomic mass is 32.2. The molecule has 6 nitrogen and oxygen atoms in total. The molecule has 1 unspecified atom stereocenters. The predicted molar refractivity (Wildman–Crippen MR) is 59.9 cm³/mol. The minimum Gasteiger partial charge on any atom is -0.289 e. The minimum atomic E-state index is -2.11. The molecular weight excluding hydrogens is 232 g/mol. The zero-order valence-electron chi connectivity index (χ0n) is 8.84. The topological polar surface area (TPSA) is 78.9 Å². The van der Waals surface area contributed by atoms with Crippen LogP contribution in [0.15, 0.2) is 24.3 Å². The van der Waals surface area contributed by atoms with Gasteiger partial charge in [-0.3, -0.25) is 18.9 Å². The summed E-state index contributed by atoms with van der Waals surface area (Å²) in [6, 6.07) is 6.13. The molecule has 0 saturated carbocycles. The van der Waals surface area contributed by atoms with Gasteiger partial charge in [-0.25, -0.2) is 9.27 Å². The monoisotopic (exact) mass is 244 g/mol. The minimum absolute atomic E-state index is 0.292. The van der Waals surface area contributed by atoms with E-state index in [2.05, 4.69) is 4.72 Å². The average Bonchev–Trinajstić information content (AvgIpc) is 2.27. The fourth-order valence-electron chi connectivity index (χ4n) is 1.05. The van der Waals surface area contributed by atoms with Crippen LogP contribution in [-0.4, -0.2) is 33.9 Å². The first-order valence-electron chi connectivity index (χ1n) is 4.34. The van der Waals surface area contributed by atoms with Crippen molar-refractivity contribution in [3.05, 3.63) is 29.8 Å². The van der Waals surface area contributed by atoms with Gasteiger partial charge in [-0.1, -0.05) is 0 Å². The Kier molecular flexibility index (Phi) is 4.41. The Bertz CT molecular complexity index is 393. The van der Waals surface area contributed by atoms with Gasteiger partial charge in [0, 0.05) is 18.3 Å². The third-order valence-corrected chi connectivity index (χ3v) is 2.31. The van der Waals surface area contributed by atoms with Crippen LogP contribution in [0.25, 0.3) is 0 Å². The number of rotatable bonds is 4. The maximum atomic E-state index is 11.6. The summed E-state index contributed by atoms with van der Waals surface area (Å²) < 4.78 is 21.3. The van der Waals surface area contributed by atoms with Crippen LogP contribution in [0.4, 0.5) is 5.69 Å². The van der Waals surface area contributed by atoms with Gasteiger partial charge in [0.25, 0.3) is 17.2 Å². The van der Waals surface area contributed by atoms with Crippen molar-refractivity contribution in [2.45, 2.75) is 0 Å². The van der Waals surface area contributed by atoms with Gasteiger partial charge in [0.05, 0.1) is 7.11 Å². The van der Waals surface area contributed by atoms with E-state index in [1.165, 1.54) is 38.4 Å². The molecule has 88 valence electrons. The molecule has 0 radical (unpaired) electrons. The number of amides is 1. The summed E-state index contributed by atoms with van der Waals surface area (Å²) in [5.74, 6) is -0.292. The fourth-order valence-corrected chi connectivity index (χ4v) is 1.38. The largest absolute Gasteiger partial charge is 0.289 e. The summed E-state index contributed by atoms with van der Waals surface area (Å²) in [6.07, 6.45) is 0. The molecule has 1 atom stereocenters. The molecule has 0 aliphatic rings. The number of nitrogens with zero attached hydrogens (tertiary/aromatic N) is 1. The lowest BCUT2D eigenvalue weighted by Gasteiger charge is -2.13. The smallest absolute Gasteiger partial charge is 0.277 e. The van der Waals surface area contributed by atoms with Crippen molar-refractivity contribution in [3.8, 4) is 0 Å². The van der Waals surface area contributed by atoms with Crippen LogP contribution in [0.1, 0.15) is 10.4 Å². The Hall–Kier alpha value is -1.44. The summed E-state index contributed by atoms with van der Waals surface area (Å²) in [7, 11) is 2.89. The van der Waals surface area contributed by atoms with Crippen LogP contribution < -0.4 is 4.72 Å². The van der Waals surface area contributed by atoms with Gasteiger partial charge in [-0.2, -0.15) is 0 Å². The molecule has 0 spiro atoms. The molecular formula is C9H12N2O4S. The van der Waals surface area contributed by atoms with E-state index in [1.54, 1.807) is 0 Å². The van der Waals surface area contributed by atoms with Crippen molar-refractivity contribution >= 4 is 22.9 Å². The number of hydroxylamine groups is 2. The fraction of sp³-hybridized carbons (Fsp3) is 0.222. The number of carbonyl (C=O) groups is 1. The van der Waals surface area contributed by atoms with Gasteiger partial charge < -0.3 is 0 Å².